The van der Waals surface area contributed by atoms with Gasteiger partial charge in [0.15, 0.2) is 0 Å². The lowest BCUT2D eigenvalue weighted by molar-refractivity contribution is -0.145. The number of Topliss-reactive ketones (excluding diaryl/α,β-unsaturated/α-hetero) is 1. The number of carbonyl (C=O) groups is 3. The molecular weight excluding hydrogens is 502 g/mol. The molecule has 3 aromatic rings. The number of hydrogen-bond acceptors (Lipinski definition) is 5. The summed E-state index contributed by atoms with van der Waals surface area (Å²) in [5, 5.41) is 6.34. The highest BCUT2D eigenvalue weighted by Gasteiger charge is 2.40. The molecule has 1 saturated heterocycles. The predicted molar refractivity (Wildman–Crippen MR) is 154 cm³/mol. The third-order valence-corrected chi connectivity index (χ3v) is 7.76. The molecule has 1 aliphatic heterocycles. The van der Waals surface area contributed by atoms with Gasteiger partial charge >= 0.3 is 0 Å². The van der Waals surface area contributed by atoms with E-state index in [2.05, 4.69) is 10.6 Å². The van der Waals surface area contributed by atoms with Gasteiger partial charge in [-0.1, -0.05) is 73.5 Å². The highest BCUT2D eigenvalue weighted by molar-refractivity contribution is 6.38. The number of likely N-dealkylation sites (tertiary alicyclic amines) is 1. The SMILES string of the molecule is O=C(NC1CCCC1)C(=O)[C@@H]1CCCN1C(=O)[C@H](Cc1ccccc1)NCc1cccc(Oc2ccccc2)c1. The number of carbonyl (C=O) groups excluding carboxylic acids is 3. The van der Waals surface area contributed by atoms with Crippen molar-refractivity contribution in [1.29, 1.82) is 0 Å². The van der Waals surface area contributed by atoms with E-state index in [4.69, 9.17) is 4.74 Å². The second-order valence-corrected chi connectivity index (χ2v) is 10.7. The molecule has 0 radical (unpaired) electrons. The molecule has 2 amide bonds. The minimum absolute atomic E-state index is 0.0659. The van der Waals surface area contributed by atoms with E-state index in [1.54, 1.807) is 4.90 Å². The molecule has 0 aromatic heterocycles. The lowest BCUT2D eigenvalue weighted by Crippen LogP contribution is -2.53. The molecule has 208 valence electrons. The van der Waals surface area contributed by atoms with Crippen molar-refractivity contribution < 1.29 is 19.1 Å². The standard InChI is InChI=1S/C33H37N3O4/c37-31(32(38)35-26-14-7-8-15-26)30-19-10-20-36(30)33(39)29(22-24-11-3-1-4-12-24)34-23-25-13-9-18-28(21-25)40-27-16-5-2-6-17-27/h1-6,9,11-13,16-18,21,26,29-30,34H,7-8,10,14-15,19-20,22-23H2,(H,35,38)/t29-,30-/m0/s1. The fourth-order valence-corrected chi connectivity index (χ4v) is 5.66. The summed E-state index contributed by atoms with van der Waals surface area (Å²) >= 11 is 0. The van der Waals surface area contributed by atoms with Crippen molar-refractivity contribution in [3.05, 3.63) is 96.1 Å². The van der Waals surface area contributed by atoms with E-state index in [-0.39, 0.29) is 11.9 Å². The van der Waals surface area contributed by atoms with Crippen LogP contribution in [-0.4, -0.2) is 47.2 Å². The predicted octanol–water partition coefficient (Wildman–Crippen LogP) is 4.80. The van der Waals surface area contributed by atoms with Crippen LogP contribution >= 0.6 is 0 Å². The van der Waals surface area contributed by atoms with Crippen molar-refractivity contribution in [1.82, 2.24) is 15.5 Å². The van der Waals surface area contributed by atoms with Crippen molar-refractivity contribution in [3.8, 4) is 11.5 Å². The Morgan fingerprint density at radius 3 is 2.23 bits per heavy atom. The molecule has 1 heterocycles. The first kappa shape index (κ1) is 27.6. The van der Waals surface area contributed by atoms with Crippen molar-refractivity contribution in [2.24, 2.45) is 0 Å². The molecule has 2 aliphatic rings. The fraction of sp³-hybridized carbons (Fsp3) is 0.364. The van der Waals surface area contributed by atoms with Gasteiger partial charge in [0.2, 0.25) is 11.7 Å². The number of para-hydroxylation sites is 1. The van der Waals surface area contributed by atoms with E-state index in [1.165, 1.54) is 0 Å². The zero-order chi connectivity index (χ0) is 27.7. The molecule has 2 fully saturated rings. The summed E-state index contributed by atoms with van der Waals surface area (Å²) in [6.07, 6.45) is 5.66. The van der Waals surface area contributed by atoms with E-state index < -0.39 is 23.8 Å². The van der Waals surface area contributed by atoms with E-state index in [0.717, 1.165) is 48.3 Å². The molecule has 7 heteroatoms. The Kier molecular flexibility index (Phi) is 9.24. The van der Waals surface area contributed by atoms with Crippen molar-refractivity contribution in [2.45, 2.75) is 69.6 Å². The molecule has 1 aliphatic carbocycles. The molecule has 40 heavy (non-hydrogen) atoms. The van der Waals surface area contributed by atoms with Gasteiger partial charge in [-0.3, -0.25) is 14.4 Å². The third-order valence-electron chi connectivity index (χ3n) is 7.76. The second kappa shape index (κ2) is 13.4. The molecule has 7 nitrogen and oxygen atoms in total. The maximum atomic E-state index is 13.9. The fourth-order valence-electron chi connectivity index (χ4n) is 5.66. The monoisotopic (exact) mass is 539 g/mol. The van der Waals surface area contributed by atoms with Gasteiger partial charge in [0, 0.05) is 19.1 Å². The average molecular weight is 540 g/mol. The summed E-state index contributed by atoms with van der Waals surface area (Å²) in [5.41, 5.74) is 2.00. The first-order valence-corrected chi connectivity index (χ1v) is 14.3. The third kappa shape index (κ3) is 7.16. The Hall–Kier alpha value is -3.97. The van der Waals surface area contributed by atoms with Gasteiger partial charge in [-0.2, -0.15) is 0 Å². The number of hydrogen-bond donors (Lipinski definition) is 2. The van der Waals surface area contributed by atoms with Crippen molar-refractivity contribution >= 4 is 17.6 Å². The zero-order valence-corrected chi connectivity index (χ0v) is 22.8. The molecule has 3 aromatic carbocycles. The Bertz CT molecular complexity index is 1290. The largest absolute Gasteiger partial charge is 0.457 e. The number of nitrogens with zero attached hydrogens (tertiary/aromatic N) is 1. The summed E-state index contributed by atoms with van der Waals surface area (Å²) in [4.78, 5) is 41.5. The first-order valence-electron chi connectivity index (χ1n) is 14.3. The van der Waals surface area contributed by atoms with E-state index in [9.17, 15) is 14.4 Å². The Morgan fingerprint density at radius 1 is 0.800 bits per heavy atom. The summed E-state index contributed by atoms with van der Waals surface area (Å²) in [7, 11) is 0. The van der Waals surface area contributed by atoms with Crippen LogP contribution in [0.1, 0.15) is 49.7 Å². The molecule has 0 bridgehead atoms. The molecule has 0 unspecified atom stereocenters. The van der Waals surface area contributed by atoms with Gasteiger partial charge in [-0.25, -0.2) is 0 Å². The maximum Gasteiger partial charge on any atom is 0.289 e. The quantitative estimate of drug-likeness (QED) is 0.342. The lowest BCUT2D eigenvalue weighted by atomic mass is 10.0. The number of rotatable bonds is 11. The molecule has 1 saturated carbocycles. The second-order valence-electron chi connectivity index (χ2n) is 10.7. The molecule has 0 spiro atoms. The maximum absolute atomic E-state index is 13.9. The number of amides is 2. The number of ether oxygens (including phenoxy) is 1. The van der Waals surface area contributed by atoms with Gasteiger partial charge in [-0.05, 0) is 67.5 Å². The first-order chi connectivity index (χ1) is 19.6. The van der Waals surface area contributed by atoms with Crippen LogP contribution in [0.25, 0.3) is 0 Å². The van der Waals surface area contributed by atoms with Crippen molar-refractivity contribution in [2.75, 3.05) is 6.54 Å². The highest BCUT2D eigenvalue weighted by atomic mass is 16.5. The van der Waals surface area contributed by atoms with Gasteiger partial charge in [-0.15, -0.1) is 0 Å². The van der Waals surface area contributed by atoms with Crippen LogP contribution in [-0.2, 0) is 27.3 Å². The number of nitrogens with one attached hydrogen (secondary N) is 2. The Morgan fingerprint density at radius 2 is 1.48 bits per heavy atom. The number of benzene rings is 3. The van der Waals surface area contributed by atoms with Gasteiger partial charge in [0.05, 0.1) is 6.04 Å². The van der Waals surface area contributed by atoms with Gasteiger partial charge < -0.3 is 20.3 Å². The lowest BCUT2D eigenvalue weighted by Gasteiger charge is -2.29. The topological polar surface area (TPSA) is 87.7 Å². The summed E-state index contributed by atoms with van der Waals surface area (Å²) in [6, 6.07) is 26.0. The summed E-state index contributed by atoms with van der Waals surface area (Å²) in [6.45, 7) is 0.920. The molecule has 2 atom stereocenters. The molecular formula is C33H37N3O4. The smallest absolute Gasteiger partial charge is 0.289 e. The van der Waals surface area contributed by atoms with Gasteiger partial charge in [0.1, 0.15) is 17.5 Å². The number of ketones is 1. The average Bonchev–Trinajstić information content (AvgIpc) is 3.68. The minimum atomic E-state index is -0.712. The Balaban J connectivity index is 1.28. The summed E-state index contributed by atoms with van der Waals surface area (Å²) < 4.78 is 5.98. The van der Waals surface area contributed by atoms with Crippen LogP contribution in [0.3, 0.4) is 0 Å². The van der Waals surface area contributed by atoms with Crippen LogP contribution < -0.4 is 15.4 Å². The van der Waals surface area contributed by atoms with E-state index in [0.29, 0.717) is 32.4 Å². The van der Waals surface area contributed by atoms with Crippen LogP contribution in [0.15, 0.2) is 84.9 Å². The van der Waals surface area contributed by atoms with Crippen LogP contribution in [0, 0.1) is 0 Å². The van der Waals surface area contributed by atoms with Crippen molar-refractivity contribution in [3.63, 3.8) is 0 Å². The van der Waals surface area contributed by atoms with Crippen LogP contribution in [0.4, 0.5) is 0 Å². The summed E-state index contributed by atoms with van der Waals surface area (Å²) in [5.74, 6) is 0.271. The zero-order valence-electron chi connectivity index (χ0n) is 22.8. The van der Waals surface area contributed by atoms with Crippen LogP contribution in [0.5, 0.6) is 11.5 Å². The molecule has 2 N–H and O–H groups in total. The van der Waals surface area contributed by atoms with Crippen LogP contribution in [0.2, 0.25) is 0 Å². The van der Waals surface area contributed by atoms with Gasteiger partial charge in [0.25, 0.3) is 5.91 Å². The minimum Gasteiger partial charge on any atom is -0.457 e. The Labute approximate surface area is 235 Å². The highest BCUT2D eigenvalue weighted by Crippen LogP contribution is 2.24. The van der Waals surface area contributed by atoms with E-state index >= 15 is 0 Å². The van der Waals surface area contributed by atoms with E-state index in [1.807, 2.05) is 84.9 Å². The molecule has 5 rings (SSSR count). The normalized spacial score (nSPS) is 17.9.